The van der Waals surface area contributed by atoms with Crippen LogP contribution in [0.4, 0.5) is 0 Å². The van der Waals surface area contributed by atoms with Crippen LogP contribution in [-0.4, -0.2) is 30.9 Å². The van der Waals surface area contributed by atoms with Crippen molar-refractivity contribution in [3.8, 4) is 5.75 Å². The molecular formula is C22H30O4. The van der Waals surface area contributed by atoms with Crippen LogP contribution in [0.2, 0.25) is 0 Å². The lowest BCUT2D eigenvalue weighted by molar-refractivity contribution is -0.143. The van der Waals surface area contributed by atoms with E-state index in [1.165, 1.54) is 43.9 Å². The largest absolute Gasteiger partial charge is 0.508 e. The zero-order valence-electron chi connectivity index (χ0n) is 15.9. The summed E-state index contributed by atoms with van der Waals surface area (Å²) < 4.78 is 10.9. The van der Waals surface area contributed by atoms with Crippen molar-refractivity contribution >= 4 is 5.97 Å². The molecular weight excluding hydrogens is 328 g/mol. The molecule has 5 atom stereocenters. The quantitative estimate of drug-likeness (QED) is 0.820. The van der Waals surface area contributed by atoms with Gasteiger partial charge in [0.15, 0.2) is 0 Å². The molecule has 0 aliphatic heterocycles. The maximum absolute atomic E-state index is 11.4. The molecule has 0 unspecified atom stereocenters. The number of carbonyl (C=O) groups is 1. The van der Waals surface area contributed by atoms with Gasteiger partial charge in [-0.25, -0.2) is 0 Å². The highest BCUT2D eigenvalue weighted by atomic mass is 16.5. The van der Waals surface area contributed by atoms with E-state index in [0.29, 0.717) is 30.6 Å². The van der Waals surface area contributed by atoms with Gasteiger partial charge in [0, 0.05) is 0 Å². The molecule has 1 aromatic carbocycles. The zero-order chi connectivity index (χ0) is 18.3. The Morgan fingerprint density at radius 3 is 2.92 bits per heavy atom. The molecule has 2 fully saturated rings. The number of phenolic OH excluding ortho intramolecular Hbond substituents is 1. The summed E-state index contributed by atoms with van der Waals surface area (Å²) in [4.78, 5) is 11.4. The summed E-state index contributed by atoms with van der Waals surface area (Å²) in [6.45, 7) is 2.88. The van der Waals surface area contributed by atoms with Crippen LogP contribution in [0, 0.1) is 17.3 Å². The van der Waals surface area contributed by atoms with Gasteiger partial charge in [-0.2, -0.15) is 0 Å². The third-order valence-electron chi connectivity index (χ3n) is 7.48. The molecule has 4 heteroatoms. The molecule has 26 heavy (non-hydrogen) atoms. The zero-order valence-corrected chi connectivity index (χ0v) is 15.9. The molecule has 0 saturated heterocycles. The van der Waals surface area contributed by atoms with Crippen molar-refractivity contribution in [3.63, 3.8) is 0 Å². The Hall–Kier alpha value is -1.55. The summed E-state index contributed by atoms with van der Waals surface area (Å²) in [5.41, 5.74) is 3.04. The Kier molecular flexibility index (Phi) is 4.72. The predicted octanol–water partition coefficient (Wildman–Crippen LogP) is 4.20. The third kappa shape index (κ3) is 2.92. The van der Waals surface area contributed by atoms with E-state index in [1.807, 2.05) is 12.1 Å². The minimum atomic E-state index is -0.194. The molecule has 1 N–H and O–H groups in total. The number of rotatable bonds is 4. The van der Waals surface area contributed by atoms with E-state index in [-0.39, 0.29) is 17.5 Å². The predicted molar refractivity (Wildman–Crippen MR) is 99.1 cm³/mol. The van der Waals surface area contributed by atoms with E-state index < -0.39 is 0 Å². The fourth-order valence-corrected chi connectivity index (χ4v) is 6.18. The topological polar surface area (TPSA) is 55.8 Å². The standard InChI is InChI=1S/C22H30O4/c1-22-11-9-17-16-6-4-15(23)13-14(16)3-5-18(17)19(22)7-8-20(22)26-12-10-21(24)25-2/h4,6,13,17-20,23H,3,5,7-12H2,1-2H3/t17-,18-,19+,20+,22+/m1/s1. The number of esters is 1. The van der Waals surface area contributed by atoms with Crippen molar-refractivity contribution in [1.82, 2.24) is 0 Å². The Morgan fingerprint density at radius 2 is 2.12 bits per heavy atom. The van der Waals surface area contributed by atoms with Gasteiger partial charge in [-0.15, -0.1) is 0 Å². The van der Waals surface area contributed by atoms with Crippen LogP contribution in [0.25, 0.3) is 0 Å². The lowest BCUT2D eigenvalue weighted by Crippen LogP contribution is -2.44. The van der Waals surface area contributed by atoms with E-state index in [4.69, 9.17) is 9.47 Å². The molecule has 0 radical (unpaired) electrons. The van der Waals surface area contributed by atoms with Crippen LogP contribution in [0.15, 0.2) is 18.2 Å². The van der Waals surface area contributed by atoms with Gasteiger partial charge >= 0.3 is 5.97 Å². The molecule has 0 bridgehead atoms. The minimum absolute atomic E-state index is 0.194. The van der Waals surface area contributed by atoms with Gasteiger partial charge in [0.05, 0.1) is 26.2 Å². The average molecular weight is 358 g/mol. The summed E-state index contributed by atoms with van der Waals surface area (Å²) in [6, 6.07) is 5.97. The normalized spacial score (nSPS) is 35.3. The molecule has 1 aromatic rings. The first kappa shape index (κ1) is 17.8. The molecule has 142 valence electrons. The number of ether oxygens (including phenoxy) is 2. The number of aromatic hydroxyl groups is 1. The molecule has 4 nitrogen and oxygen atoms in total. The van der Waals surface area contributed by atoms with Crippen molar-refractivity contribution in [2.45, 2.75) is 63.9 Å². The molecule has 0 spiro atoms. The number of benzene rings is 1. The molecule has 4 rings (SSSR count). The van der Waals surface area contributed by atoms with Crippen LogP contribution >= 0.6 is 0 Å². The number of hydrogen-bond donors (Lipinski definition) is 1. The summed E-state index contributed by atoms with van der Waals surface area (Å²) in [7, 11) is 1.43. The lowest BCUT2D eigenvalue weighted by atomic mass is 9.55. The number of methoxy groups -OCH3 is 1. The first-order valence-electron chi connectivity index (χ1n) is 10.0. The van der Waals surface area contributed by atoms with Gasteiger partial charge in [-0.05, 0) is 85.0 Å². The maximum Gasteiger partial charge on any atom is 0.307 e. The summed E-state index contributed by atoms with van der Waals surface area (Å²) in [5.74, 6) is 2.25. The van der Waals surface area contributed by atoms with Gasteiger partial charge in [-0.1, -0.05) is 13.0 Å². The number of fused-ring (bicyclic) bond motifs is 5. The second-order valence-corrected chi connectivity index (χ2v) is 8.61. The smallest absolute Gasteiger partial charge is 0.307 e. The van der Waals surface area contributed by atoms with Crippen molar-refractivity contribution < 1.29 is 19.4 Å². The van der Waals surface area contributed by atoms with Crippen molar-refractivity contribution in [1.29, 1.82) is 0 Å². The van der Waals surface area contributed by atoms with Crippen molar-refractivity contribution in [3.05, 3.63) is 29.3 Å². The van der Waals surface area contributed by atoms with E-state index in [9.17, 15) is 9.90 Å². The molecule has 0 amide bonds. The van der Waals surface area contributed by atoms with Gasteiger partial charge in [-0.3, -0.25) is 4.79 Å². The lowest BCUT2D eigenvalue weighted by Gasteiger charge is -2.50. The monoisotopic (exact) mass is 358 g/mol. The SMILES string of the molecule is COC(=O)CCO[C@H]1CC[C@H]2[C@@H]3CCc4cc(O)ccc4[C@H]3CC[C@]12C. The van der Waals surface area contributed by atoms with Gasteiger partial charge in [0.25, 0.3) is 0 Å². The Balaban J connectivity index is 1.48. The summed E-state index contributed by atoms with van der Waals surface area (Å²) in [6.07, 6.45) is 7.62. The minimum Gasteiger partial charge on any atom is -0.508 e. The van der Waals surface area contributed by atoms with E-state index in [1.54, 1.807) is 0 Å². The molecule has 0 heterocycles. The fraction of sp³-hybridized carbons (Fsp3) is 0.682. The van der Waals surface area contributed by atoms with Crippen LogP contribution in [-0.2, 0) is 20.7 Å². The Morgan fingerprint density at radius 1 is 1.27 bits per heavy atom. The average Bonchev–Trinajstić information content (AvgIpc) is 2.97. The number of aryl methyl sites for hydroxylation is 1. The Labute approximate surface area is 155 Å². The number of phenols is 1. The van der Waals surface area contributed by atoms with Crippen molar-refractivity contribution in [2.75, 3.05) is 13.7 Å². The van der Waals surface area contributed by atoms with Crippen molar-refractivity contribution in [2.24, 2.45) is 17.3 Å². The van der Waals surface area contributed by atoms with Crippen LogP contribution in [0.3, 0.4) is 0 Å². The number of carbonyl (C=O) groups excluding carboxylic acids is 1. The fourth-order valence-electron chi connectivity index (χ4n) is 6.18. The van der Waals surface area contributed by atoms with E-state index in [0.717, 1.165) is 18.8 Å². The van der Waals surface area contributed by atoms with Crippen LogP contribution in [0.5, 0.6) is 5.75 Å². The van der Waals surface area contributed by atoms with Gasteiger partial charge < -0.3 is 14.6 Å². The maximum atomic E-state index is 11.4. The second-order valence-electron chi connectivity index (χ2n) is 8.61. The molecule has 3 aliphatic rings. The highest BCUT2D eigenvalue weighted by molar-refractivity contribution is 5.69. The van der Waals surface area contributed by atoms with Gasteiger partial charge in [0.1, 0.15) is 5.75 Å². The summed E-state index contributed by atoms with van der Waals surface area (Å²) in [5, 5.41) is 9.80. The molecule has 3 aliphatic carbocycles. The van der Waals surface area contributed by atoms with Crippen LogP contribution in [0.1, 0.15) is 62.5 Å². The first-order chi connectivity index (χ1) is 12.5. The van der Waals surface area contributed by atoms with E-state index >= 15 is 0 Å². The second kappa shape index (κ2) is 6.88. The van der Waals surface area contributed by atoms with Crippen LogP contribution < -0.4 is 0 Å². The molecule has 2 saturated carbocycles. The number of hydrogen-bond acceptors (Lipinski definition) is 4. The highest BCUT2D eigenvalue weighted by Crippen LogP contribution is 2.61. The Bertz CT molecular complexity index is 685. The molecule has 0 aromatic heterocycles. The first-order valence-corrected chi connectivity index (χ1v) is 10.0. The third-order valence-corrected chi connectivity index (χ3v) is 7.48. The van der Waals surface area contributed by atoms with E-state index in [2.05, 4.69) is 13.0 Å². The summed E-state index contributed by atoms with van der Waals surface area (Å²) >= 11 is 0. The van der Waals surface area contributed by atoms with Gasteiger partial charge in [0.2, 0.25) is 0 Å². The highest BCUT2D eigenvalue weighted by Gasteiger charge is 2.55.